The SMILES string of the molecule is CC1OCCC1Cn1c(CCl)nc2cc(Br)ccc21. The maximum Gasteiger partial charge on any atom is 0.124 e. The Bertz CT molecular complexity index is 598. The highest BCUT2D eigenvalue weighted by Crippen LogP contribution is 2.27. The lowest BCUT2D eigenvalue weighted by Crippen LogP contribution is -2.19. The number of alkyl halides is 1. The highest BCUT2D eigenvalue weighted by Gasteiger charge is 2.26. The van der Waals surface area contributed by atoms with Crippen LogP contribution in [0.1, 0.15) is 19.2 Å². The van der Waals surface area contributed by atoms with Crippen LogP contribution in [0, 0.1) is 5.92 Å². The lowest BCUT2D eigenvalue weighted by Gasteiger charge is -2.16. The summed E-state index contributed by atoms with van der Waals surface area (Å²) in [5.41, 5.74) is 2.15. The third-order valence-electron chi connectivity index (χ3n) is 3.86. The normalized spacial score (nSPS) is 23.3. The second kappa shape index (κ2) is 5.43. The molecule has 2 aromatic rings. The number of nitrogens with zero attached hydrogens (tertiary/aromatic N) is 2. The molecular formula is C14H16BrClN2O. The molecule has 5 heteroatoms. The van der Waals surface area contributed by atoms with Gasteiger partial charge in [-0.25, -0.2) is 4.98 Å². The van der Waals surface area contributed by atoms with Crippen molar-refractivity contribution in [1.29, 1.82) is 0 Å². The van der Waals surface area contributed by atoms with Gasteiger partial charge in [-0.05, 0) is 31.5 Å². The fourth-order valence-corrected chi connectivity index (χ4v) is 3.26. The van der Waals surface area contributed by atoms with Crippen LogP contribution in [0.15, 0.2) is 22.7 Å². The number of aromatic nitrogens is 2. The van der Waals surface area contributed by atoms with Gasteiger partial charge in [0.2, 0.25) is 0 Å². The van der Waals surface area contributed by atoms with E-state index in [4.69, 9.17) is 16.3 Å². The number of hydrogen-bond donors (Lipinski definition) is 0. The Hall–Kier alpha value is -0.580. The Balaban J connectivity index is 2.00. The number of rotatable bonds is 3. The first-order valence-corrected chi connectivity index (χ1v) is 7.84. The summed E-state index contributed by atoms with van der Waals surface area (Å²) in [5.74, 6) is 1.92. The molecule has 3 rings (SSSR count). The van der Waals surface area contributed by atoms with Crippen LogP contribution >= 0.6 is 27.5 Å². The summed E-state index contributed by atoms with van der Waals surface area (Å²) in [6, 6.07) is 6.19. The van der Waals surface area contributed by atoms with Gasteiger partial charge in [0.05, 0.1) is 23.0 Å². The van der Waals surface area contributed by atoms with E-state index in [1.54, 1.807) is 0 Å². The van der Waals surface area contributed by atoms with Gasteiger partial charge in [0, 0.05) is 23.5 Å². The molecule has 0 spiro atoms. The maximum atomic E-state index is 6.04. The average molecular weight is 344 g/mol. The molecule has 1 aliphatic heterocycles. The molecule has 0 N–H and O–H groups in total. The van der Waals surface area contributed by atoms with Crippen LogP contribution in [-0.2, 0) is 17.2 Å². The molecule has 1 aliphatic rings. The summed E-state index contributed by atoms with van der Waals surface area (Å²) in [7, 11) is 0. The summed E-state index contributed by atoms with van der Waals surface area (Å²) in [5, 5.41) is 0. The van der Waals surface area contributed by atoms with Crippen LogP contribution in [0.4, 0.5) is 0 Å². The number of halogens is 2. The molecule has 1 aromatic heterocycles. The molecule has 0 bridgehead atoms. The highest BCUT2D eigenvalue weighted by molar-refractivity contribution is 9.10. The Kier molecular flexibility index (Phi) is 3.83. The van der Waals surface area contributed by atoms with Crippen molar-refractivity contribution in [2.24, 2.45) is 5.92 Å². The van der Waals surface area contributed by atoms with E-state index >= 15 is 0 Å². The van der Waals surface area contributed by atoms with E-state index in [1.807, 2.05) is 12.1 Å². The Morgan fingerprint density at radius 2 is 2.37 bits per heavy atom. The van der Waals surface area contributed by atoms with E-state index in [0.29, 0.717) is 17.9 Å². The summed E-state index contributed by atoms with van der Waals surface area (Å²) in [6.07, 6.45) is 1.43. The van der Waals surface area contributed by atoms with E-state index in [-0.39, 0.29) is 0 Å². The van der Waals surface area contributed by atoms with Crippen LogP contribution in [0.2, 0.25) is 0 Å². The van der Waals surface area contributed by atoms with Gasteiger partial charge in [-0.1, -0.05) is 15.9 Å². The van der Waals surface area contributed by atoms with Crippen molar-refractivity contribution in [3.8, 4) is 0 Å². The summed E-state index contributed by atoms with van der Waals surface area (Å²) in [6.45, 7) is 3.94. The van der Waals surface area contributed by atoms with Gasteiger partial charge in [-0.2, -0.15) is 0 Å². The zero-order chi connectivity index (χ0) is 13.4. The van der Waals surface area contributed by atoms with Crippen molar-refractivity contribution in [2.75, 3.05) is 6.61 Å². The van der Waals surface area contributed by atoms with Gasteiger partial charge in [-0.15, -0.1) is 11.6 Å². The molecule has 19 heavy (non-hydrogen) atoms. The Morgan fingerprint density at radius 3 is 3.05 bits per heavy atom. The second-order valence-electron chi connectivity index (χ2n) is 5.03. The molecule has 2 atom stereocenters. The first-order chi connectivity index (χ1) is 9.19. The Morgan fingerprint density at radius 1 is 1.53 bits per heavy atom. The summed E-state index contributed by atoms with van der Waals surface area (Å²) < 4.78 is 8.93. The number of hydrogen-bond acceptors (Lipinski definition) is 2. The monoisotopic (exact) mass is 342 g/mol. The maximum absolute atomic E-state index is 6.04. The first-order valence-electron chi connectivity index (χ1n) is 6.51. The van der Waals surface area contributed by atoms with Crippen molar-refractivity contribution in [3.63, 3.8) is 0 Å². The van der Waals surface area contributed by atoms with Gasteiger partial charge >= 0.3 is 0 Å². The minimum atomic E-state index is 0.316. The van der Waals surface area contributed by atoms with Gasteiger partial charge in [0.15, 0.2) is 0 Å². The van der Waals surface area contributed by atoms with Crippen molar-refractivity contribution in [3.05, 3.63) is 28.5 Å². The summed E-state index contributed by atoms with van der Waals surface area (Å²) >= 11 is 9.52. The predicted molar refractivity (Wildman–Crippen MR) is 80.5 cm³/mol. The van der Waals surface area contributed by atoms with Crippen LogP contribution in [0.25, 0.3) is 11.0 Å². The van der Waals surface area contributed by atoms with E-state index in [2.05, 4.69) is 38.5 Å². The molecule has 0 aliphatic carbocycles. The van der Waals surface area contributed by atoms with Crippen LogP contribution < -0.4 is 0 Å². The standard InChI is InChI=1S/C14H16BrClN2O/c1-9-10(4-5-19-9)8-18-13-3-2-11(15)6-12(13)17-14(18)7-16/h2-3,6,9-10H,4-5,7-8H2,1H3. The molecule has 2 unspecified atom stereocenters. The van der Waals surface area contributed by atoms with Gasteiger partial charge in [-0.3, -0.25) is 0 Å². The fraction of sp³-hybridized carbons (Fsp3) is 0.500. The minimum absolute atomic E-state index is 0.316. The van der Waals surface area contributed by atoms with Crippen molar-refractivity contribution in [1.82, 2.24) is 9.55 Å². The first kappa shape index (κ1) is 13.4. The molecule has 0 radical (unpaired) electrons. The molecule has 0 amide bonds. The summed E-state index contributed by atoms with van der Waals surface area (Å²) in [4.78, 5) is 4.62. The van der Waals surface area contributed by atoms with Crippen molar-refractivity contribution < 1.29 is 4.74 Å². The molecule has 0 saturated carbocycles. The van der Waals surface area contributed by atoms with Crippen LogP contribution in [-0.4, -0.2) is 22.3 Å². The van der Waals surface area contributed by atoms with Gasteiger partial charge < -0.3 is 9.30 Å². The smallest absolute Gasteiger partial charge is 0.124 e. The zero-order valence-electron chi connectivity index (χ0n) is 10.8. The van der Waals surface area contributed by atoms with Gasteiger partial charge in [0.1, 0.15) is 5.82 Å². The molecule has 102 valence electrons. The topological polar surface area (TPSA) is 27.1 Å². The van der Waals surface area contributed by atoms with Gasteiger partial charge in [0.25, 0.3) is 0 Å². The lowest BCUT2D eigenvalue weighted by atomic mass is 10.0. The molecule has 2 heterocycles. The number of imidazole rings is 1. The van der Waals surface area contributed by atoms with Crippen LogP contribution in [0.5, 0.6) is 0 Å². The third kappa shape index (κ3) is 2.54. The Labute approximate surface area is 126 Å². The van der Waals surface area contributed by atoms with Crippen molar-refractivity contribution in [2.45, 2.75) is 31.9 Å². The van der Waals surface area contributed by atoms with E-state index < -0.39 is 0 Å². The number of ether oxygens (including phenoxy) is 1. The van der Waals surface area contributed by atoms with Crippen molar-refractivity contribution >= 4 is 38.6 Å². The molecular weight excluding hydrogens is 328 g/mol. The number of fused-ring (bicyclic) bond motifs is 1. The second-order valence-corrected chi connectivity index (χ2v) is 6.21. The van der Waals surface area contributed by atoms with Crippen LogP contribution in [0.3, 0.4) is 0 Å². The van der Waals surface area contributed by atoms with E-state index in [0.717, 1.165) is 40.9 Å². The third-order valence-corrected chi connectivity index (χ3v) is 4.59. The van der Waals surface area contributed by atoms with E-state index in [1.165, 1.54) is 0 Å². The largest absolute Gasteiger partial charge is 0.378 e. The van der Waals surface area contributed by atoms with E-state index in [9.17, 15) is 0 Å². The number of benzene rings is 1. The average Bonchev–Trinajstić information content (AvgIpc) is 2.94. The molecule has 3 nitrogen and oxygen atoms in total. The molecule has 1 fully saturated rings. The molecule has 1 aromatic carbocycles. The fourth-order valence-electron chi connectivity index (χ4n) is 2.71. The molecule has 1 saturated heterocycles. The predicted octanol–water partition coefficient (Wildman–Crippen LogP) is 3.96. The zero-order valence-corrected chi connectivity index (χ0v) is 13.1. The lowest BCUT2D eigenvalue weighted by molar-refractivity contribution is 0.102. The highest BCUT2D eigenvalue weighted by atomic mass is 79.9. The quantitative estimate of drug-likeness (QED) is 0.789. The minimum Gasteiger partial charge on any atom is -0.378 e.